The van der Waals surface area contributed by atoms with Crippen LogP contribution >= 0.6 is 0 Å². The molecule has 4 aromatic carbocycles. The number of carbonyl (C=O) groups excluding carboxylic acids is 2. The van der Waals surface area contributed by atoms with E-state index in [0.717, 1.165) is 46.5 Å². The Balaban J connectivity index is 1.72. The molecule has 0 aromatic heterocycles. The van der Waals surface area contributed by atoms with Crippen molar-refractivity contribution >= 4 is 34.3 Å². The molecule has 0 atom stereocenters. The smallest absolute Gasteiger partial charge is 0.196 e. The Kier molecular flexibility index (Phi) is 6.08. The van der Waals surface area contributed by atoms with Gasteiger partial charge < -0.3 is 10.6 Å². The Morgan fingerprint density at radius 3 is 1.86 bits per heavy atom. The van der Waals surface area contributed by atoms with Gasteiger partial charge in [-0.1, -0.05) is 68.4 Å². The second-order valence-electron chi connectivity index (χ2n) is 9.12. The quantitative estimate of drug-likeness (QED) is 0.272. The zero-order valence-electron chi connectivity index (χ0n) is 21.0. The Morgan fingerprint density at radius 2 is 1.28 bits per heavy atom. The summed E-state index contributed by atoms with van der Waals surface area (Å²) in [6, 6.07) is 25.1. The molecule has 1 aliphatic carbocycles. The molecule has 0 fully saturated rings. The topological polar surface area (TPSA) is 58.2 Å². The largest absolute Gasteiger partial charge is 0.354 e. The van der Waals surface area contributed by atoms with Gasteiger partial charge >= 0.3 is 0 Å². The van der Waals surface area contributed by atoms with Gasteiger partial charge in [-0.05, 0) is 61.6 Å². The highest BCUT2D eigenvalue weighted by Gasteiger charge is 2.34. The molecule has 36 heavy (non-hydrogen) atoms. The molecule has 4 nitrogen and oxygen atoms in total. The molecule has 5 rings (SSSR count). The van der Waals surface area contributed by atoms with E-state index in [1.54, 1.807) is 24.3 Å². The van der Waals surface area contributed by atoms with Crippen molar-refractivity contribution in [3.63, 3.8) is 0 Å². The molecular formula is C32H28N2O2. The number of nitrogens with one attached hydrogen (secondary N) is 2. The molecule has 0 aliphatic heterocycles. The van der Waals surface area contributed by atoms with Crippen LogP contribution in [0.1, 0.15) is 67.9 Å². The molecule has 0 saturated heterocycles. The summed E-state index contributed by atoms with van der Waals surface area (Å²) in [6.45, 7) is 8.20. The predicted molar refractivity (Wildman–Crippen MR) is 145 cm³/mol. The van der Waals surface area contributed by atoms with Gasteiger partial charge in [0.1, 0.15) is 0 Å². The lowest BCUT2D eigenvalue weighted by atomic mass is 9.82. The SMILES string of the molecule is CCc1cc#cc(C)c1Nc1ccc(Nc2c(C)cccc2CC)c2c1C(=O)c1ccccc1C2=O. The van der Waals surface area contributed by atoms with Crippen molar-refractivity contribution < 1.29 is 9.59 Å². The van der Waals surface area contributed by atoms with E-state index in [-0.39, 0.29) is 11.6 Å². The van der Waals surface area contributed by atoms with Crippen LogP contribution in [0.25, 0.3) is 0 Å². The molecule has 0 unspecified atom stereocenters. The van der Waals surface area contributed by atoms with E-state index in [1.165, 1.54) is 0 Å². The van der Waals surface area contributed by atoms with Crippen molar-refractivity contribution in [2.24, 2.45) is 0 Å². The van der Waals surface area contributed by atoms with Gasteiger partial charge in [0.05, 0.1) is 28.2 Å². The Labute approximate surface area is 212 Å². The van der Waals surface area contributed by atoms with E-state index in [0.29, 0.717) is 33.6 Å². The van der Waals surface area contributed by atoms with E-state index < -0.39 is 0 Å². The standard InChI is InChI=1S/C32H28N2O2/c1-5-21-13-9-11-19(3)29(21)33-25-17-18-26(34-30-20(4)12-10-14-22(30)6-2)28-27(25)31(35)23-15-7-8-16-24(23)32(28)36/h7-9,11,13-18,33-34H,5-6H2,1-4H3. The summed E-state index contributed by atoms with van der Waals surface area (Å²) in [4.78, 5) is 27.7. The zero-order valence-corrected chi connectivity index (χ0v) is 21.0. The fraction of sp³-hybridized carbons (Fsp3) is 0.188. The summed E-state index contributed by atoms with van der Waals surface area (Å²) >= 11 is 0. The first kappa shape index (κ1) is 23.4. The first-order valence-electron chi connectivity index (χ1n) is 12.3. The van der Waals surface area contributed by atoms with Crippen molar-refractivity contribution in [1.82, 2.24) is 0 Å². The number of hydrogen-bond acceptors (Lipinski definition) is 4. The van der Waals surface area contributed by atoms with Crippen LogP contribution in [0.4, 0.5) is 22.7 Å². The van der Waals surface area contributed by atoms with Gasteiger partial charge in [-0.3, -0.25) is 9.59 Å². The minimum atomic E-state index is -0.158. The minimum Gasteiger partial charge on any atom is -0.354 e. The average molecular weight is 473 g/mol. The van der Waals surface area contributed by atoms with Gasteiger partial charge in [-0.15, -0.1) is 0 Å². The average Bonchev–Trinajstić information content (AvgIpc) is 2.90. The first-order valence-corrected chi connectivity index (χ1v) is 12.3. The van der Waals surface area contributed by atoms with Gasteiger partial charge in [0.2, 0.25) is 0 Å². The van der Waals surface area contributed by atoms with Crippen LogP contribution < -0.4 is 10.6 Å². The first-order chi connectivity index (χ1) is 17.4. The van der Waals surface area contributed by atoms with E-state index in [2.05, 4.69) is 42.7 Å². The summed E-state index contributed by atoms with van der Waals surface area (Å²) in [5, 5.41) is 6.99. The number of anilines is 4. The van der Waals surface area contributed by atoms with Crippen LogP contribution in [0.3, 0.4) is 0 Å². The van der Waals surface area contributed by atoms with Gasteiger partial charge in [-0.2, -0.15) is 0 Å². The van der Waals surface area contributed by atoms with Crippen LogP contribution in [0.15, 0.2) is 60.7 Å². The molecule has 2 N–H and O–H groups in total. The fourth-order valence-electron chi connectivity index (χ4n) is 4.96. The number of carbonyl (C=O) groups is 2. The van der Waals surface area contributed by atoms with Gasteiger partial charge in [-0.25, -0.2) is 0 Å². The molecule has 0 saturated carbocycles. The number of hydrogen-bond donors (Lipinski definition) is 2. The fourth-order valence-corrected chi connectivity index (χ4v) is 4.96. The lowest BCUT2D eigenvalue weighted by Gasteiger charge is -2.25. The van der Waals surface area contributed by atoms with Crippen molar-refractivity contribution in [3.8, 4) is 0 Å². The number of para-hydroxylation sites is 1. The number of benzene rings is 3. The molecular weight excluding hydrogens is 444 g/mol. The van der Waals surface area contributed by atoms with Crippen LogP contribution in [0.2, 0.25) is 0 Å². The molecule has 0 heterocycles. The number of aryl methyl sites for hydroxylation is 3. The molecule has 178 valence electrons. The van der Waals surface area contributed by atoms with Crippen LogP contribution in [-0.2, 0) is 12.8 Å². The number of ketones is 2. The summed E-state index contributed by atoms with van der Waals surface area (Å²) in [5.74, 6) is -0.313. The van der Waals surface area contributed by atoms with E-state index in [1.807, 2.05) is 44.2 Å². The van der Waals surface area contributed by atoms with E-state index in [4.69, 9.17) is 0 Å². The highest BCUT2D eigenvalue weighted by molar-refractivity contribution is 6.32. The maximum Gasteiger partial charge on any atom is 0.196 e. The molecule has 0 bridgehead atoms. The lowest BCUT2D eigenvalue weighted by molar-refractivity contribution is 0.0980. The normalized spacial score (nSPS) is 12.0. The second-order valence-corrected chi connectivity index (χ2v) is 9.12. The second kappa shape index (κ2) is 9.36. The highest BCUT2D eigenvalue weighted by Crippen LogP contribution is 2.40. The molecule has 4 heteroatoms. The molecule has 0 amide bonds. The van der Waals surface area contributed by atoms with E-state index in [9.17, 15) is 9.59 Å². The summed E-state index contributed by atoms with van der Waals surface area (Å²) in [5.41, 5.74) is 8.99. The minimum absolute atomic E-state index is 0.154. The molecule has 0 spiro atoms. The van der Waals surface area contributed by atoms with Crippen molar-refractivity contribution in [3.05, 3.63) is 117 Å². The van der Waals surface area contributed by atoms with Crippen molar-refractivity contribution in [2.75, 3.05) is 10.6 Å². The summed E-state index contributed by atoms with van der Waals surface area (Å²) in [6.07, 6.45) is 1.65. The number of rotatable bonds is 6. The third-order valence-electron chi connectivity index (χ3n) is 6.92. The monoisotopic (exact) mass is 472 g/mol. The summed E-state index contributed by atoms with van der Waals surface area (Å²) in [7, 11) is 0. The predicted octanol–water partition coefficient (Wildman–Crippen LogP) is 7.29. The van der Waals surface area contributed by atoms with E-state index >= 15 is 0 Å². The Morgan fingerprint density at radius 1 is 0.694 bits per heavy atom. The zero-order chi connectivity index (χ0) is 25.4. The van der Waals surface area contributed by atoms with Gasteiger partial charge in [0.25, 0.3) is 0 Å². The van der Waals surface area contributed by atoms with Crippen LogP contribution in [0, 0.1) is 26.0 Å². The molecule has 0 radical (unpaired) electrons. The van der Waals surface area contributed by atoms with Crippen molar-refractivity contribution in [1.29, 1.82) is 0 Å². The van der Waals surface area contributed by atoms with Crippen LogP contribution in [-0.4, -0.2) is 11.6 Å². The number of fused-ring (bicyclic) bond motifs is 2. The molecule has 4 aromatic rings. The maximum atomic E-state index is 13.9. The van der Waals surface area contributed by atoms with Gasteiger partial charge in [0.15, 0.2) is 11.6 Å². The summed E-state index contributed by atoms with van der Waals surface area (Å²) < 4.78 is 0. The molecule has 1 aliphatic rings. The van der Waals surface area contributed by atoms with Gasteiger partial charge in [0, 0.05) is 22.4 Å². The third-order valence-corrected chi connectivity index (χ3v) is 6.92. The Hall–Kier alpha value is -4.36. The van der Waals surface area contributed by atoms with Crippen molar-refractivity contribution in [2.45, 2.75) is 40.5 Å². The maximum absolute atomic E-state index is 13.9. The Bertz CT molecular complexity index is 1400. The highest BCUT2D eigenvalue weighted by atomic mass is 16.1. The lowest BCUT2D eigenvalue weighted by Crippen LogP contribution is -2.23. The van der Waals surface area contributed by atoms with Crippen LogP contribution in [0.5, 0.6) is 0 Å². The third kappa shape index (κ3) is 3.83.